The molecule has 1 aliphatic carbocycles. The Morgan fingerprint density at radius 1 is 1.20 bits per heavy atom. The SMILES string of the molecule is CC(C)(C)OC(=O)N1CCC2(CC1)CC(CNC(=O)Oc1ccc([N+](=O)[O-])cc1)C2. The van der Waals surface area contributed by atoms with Crippen LogP contribution in [0, 0.1) is 21.4 Å². The zero-order valence-corrected chi connectivity index (χ0v) is 17.7. The van der Waals surface area contributed by atoms with E-state index in [1.165, 1.54) is 24.3 Å². The molecule has 0 aromatic heterocycles. The van der Waals surface area contributed by atoms with Gasteiger partial charge in [0.25, 0.3) is 5.69 Å². The number of rotatable bonds is 4. The average molecular weight is 419 g/mol. The van der Waals surface area contributed by atoms with Crippen LogP contribution in [0.1, 0.15) is 46.5 Å². The molecule has 2 amide bonds. The molecule has 3 rings (SSSR count). The van der Waals surface area contributed by atoms with Gasteiger partial charge in [0.15, 0.2) is 0 Å². The quantitative estimate of drug-likeness (QED) is 0.581. The van der Waals surface area contributed by atoms with E-state index in [9.17, 15) is 19.7 Å². The molecule has 1 aromatic rings. The predicted octanol–water partition coefficient (Wildman–Crippen LogP) is 4.11. The molecule has 1 saturated heterocycles. The molecule has 1 spiro atoms. The maximum atomic E-state index is 12.2. The van der Waals surface area contributed by atoms with E-state index in [1.807, 2.05) is 20.8 Å². The van der Waals surface area contributed by atoms with Gasteiger partial charge in [-0.3, -0.25) is 10.1 Å². The van der Waals surface area contributed by atoms with E-state index in [1.54, 1.807) is 4.90 Å². The van der Waals surface area contributed by atoms with E-state index in [2.05, 4.69) is 5.32 Å². The number of carbonyl (C=O) groups is 2. The number of hydrogen-bond donors (Lipinski definition) is 1. The molecule has 1 heterocycles. The minimum atomic E-state index is -0.565. The Labute approximate surface area is 175 Å². The second kappa shape index (κ2) is 8.49. The number of nitrogens with one attached hydrogen (secondary N) is 1. The number of benzene rings is 1. The number of likely N-dealkylation sites (tertiary alicyclic amines) is 1. The second-order valence-corrected chi connectivity index (χ2v) is 9.26. The highest BCUT2D eigenvalue weighted by Crippen LogP contribution is 2.52. The monoisotopic (exact) mass is 419 g/mol. The fourth-order valence-electron chi connectivity index (χ4n) is 4.21. The summed E-state index contributed by atoms with van der Waals surface area (Å²) < 4.78 is 10.6. The van der Waals surface area contributed by atoms with Crippen molar-refractivity contribution in [2.45, 2.75) is 52.1 Å². The van der Waals surface area contributed by atoms with Crippen LogP contribution in [-0.4, -0.2) is 47.2 Å². The largest absolute Gasteiger partial charge is 0.444 e. The molecule has 2 aliphatic rings. The van der Waals surface area contributed by atoms with Gasteiger partial charge in [0.1, 0.15) is 11.4 Å². The fourth-order valence-corrected chi connectivity index (χ4v) is 4.21. The van der Waals surface area contributed by atoms with Crippen LogP contribution in [0.25, 0.3) is 0 Å². The van der Waals surface area contributed by atoms with Crippen molar-refractivity contribution in [3.8, 4) is 5.75 Å². The van der Waals surface area contributed by atoms with E-state index in [0.29, 0.717) is 25.6 Å². The Morgan fingerprint density at radius 3 is 2.33 bits per heavy atom. The first-order valence-electron chi connectivity index (χ1n) is 10.2. The smallest absolute Gasteiger partial charge is 0.412 e. The van der Waals surface area contributed by atoms with Crippen molar-refractivity contribution in [1.82, 2.24) is 10.2 Å². The highest BCUT2D eigenvalue weighted by atomic mass is 16.6. The summed E-state index contributed by atoms with van der Waals surface area (Å²) in [6.45, 7) is 7.54. The van der Waals surface area contributed by atoms with E-state index in [-0.39, 0.29) is 22.9 Å². The van der Waals surface area contributed by atoms with Crippen molar-refractivity contribution in [2.75, 3.05) is 19.6 Å². The lowest BCUT2D eigenvalue weighted by Crippen LogP contribution is -2.51. The van der Waals surface area contributed by atoms with Crippen LogP contribution in [0.4, 0.5) is 15.3 Å². The summed E-state index contributed by atoms with van der Waals surface area (Å²) in [6.07, 6.45) is 3.14. The molecule has 0 unspecified atom stereocenters. The fraction of sp³-hybridized carbons (Fsp3) is 0.619. The highest BCUT2D eigenvalue weighted by molar-refractivity contribution is 5.70. The number of hydrogen-bond acceptors (Lipinski definition) is 6. The predicted molar refractivity (Wildman–Crippen MR) is 109 cm³/mol. The third kappa shape index (κ3) is 5.61. The van der Waals surface area contributed by atoms with Crippen molar-refractivity contribution in [3.63, 3.8) is 0 Å². The van der Waals surface area contributed by atoms with Gasteiger partial charge in [-0.2, -0.15) is 0 Å². The van der Waals surface area contributed by atoms with Gasteiger partial charge in [0.05, 0.1) is 4.92 Å². The normalized spacial score (nSPS) is 18.4. The molecule has 0 atom stereocenters. The first-order valence-corrected chi connectivity index (χ1v) is 10.2. The van der Waals surface area contributed by atoms with Gasteiger partial charge in [-0.1, -0.05) is 0 Å². The standard InChI is InChI=1S/C21H29N3O6/c1-20(2,3)30-19(26)23-10-8-21(9-11-23)12-15(13-21)14-22-18(25)29-17-6-4-16(5-7-17)24(27)28/h4-7,15H,8-14H2,1-3H3,(H,22,25). The van der Waals surface area contributed by atoms with Crippen LogP contribution in [0.15, 0.2) is 24.3 Å². The number of carbonyl (C=O) groups excluding carboxylic acids is 2. The Morgan fingerprint density at radius 2 is 1.80 bits per heavy atom. The van der Waals surface area contributed by atoms with E-state index in [4.69, 9.17) is 9.47 Å². The zero-order chi connectivity index (χ0) is 21.9. The topological polar surface area (TPSA) is 111 Å². The van der Waals surface area contributed by atoms with Gasteiger partial charge in [-0.05, 0) is 69.9 Å². The molecule has 30 heavy (non-hydrogen) atoms. The molecule has 1 N–H and O–H groups in total. The summed E-state index contributed by atoms with van der Waals surface area (Å²) in [7, 11) is 0. The Balaban J connectivity index is 1.35. The molecule has 2 fully saturated rings. The van der Waals surface area contributed by atoms with Crippen molar-refractivity contribution < 1.29 is 24.0 Å². The lowest BCUT2D eigenvalue weighted by molar-refractivity contribution is -0.384. The Bertz CT molecular complexity index is 786. The molecule has 1 aromatic carbocycles. The van der Waals surface area contributed by atoms with Crippen LogP contribution in [0.5, 0.6) is 5.75 Å². The number of nitro benzene ring substituents is 1. The molecule has 164 valence electrons. The number of nitrogens with zero attached hydrogens (tertiary/aromatic N) is 2. The third-order valence-corrected chi connectivity index (χ3v) is 5.71. The number of ether oxygens (including phenoxy) is 2. The molecule has 0 radical (unpaired) electrons. The lowest BCUT2D eigenvalue weighted by atomic mass is 9.57. The van der Waals surface area contributed by atoms with Crippen LogP contribution in [0.3, 0.4) is 0 Å². The molecule has 0 bridgehead atoms. The number of amides is 2. The van der Waals surface area contributed by atoms with Crippen LogP contribution < -0.4 is 10.1 Å². The summed E-state index contributed by atoms with van der Waals surface area (Å²) in [5.74, 6) is 0.653. The molecular weight excluding hydrogens is 390 g/mol. The van der Waals surface area contributed by atoms with Gasteiger partial charge < -0.3 is 19.7 Å². The van der Waals surface area contributed by atoms with Crippen LogP contribution in [-0.2, 0) is 4.74 Å². The van der Waals surface area contributed by atoms with E-state index >= 15 is 0 Å². The lowest BCUT2D eigenvalue weighted by Gasteiger charge is -2.52. The van der Waals surface area contributed by atoms with Crippen molar-refractivity contribution in [1.29, 1.82) is 0 Å². The minimum Gasteiger partial charge on any atom is -0.444 e. The minimum absolute atomic E-state index is 0.0553. The number of piperidine rings is 1. The first-order chi connectivity index (χ1) is 14.1. The summed E-state index contributed by atoms with van der Waals surface area (Å²) >= 11 is 0. The summed E-state index contributed by atoms with van der Waals surface area (Å²) in [5, 5.41) is 13.4. The number of nitro groups is 1. The van der Waals surface area contributed by atoms with Crippen LogP contribution >= 0.6 is 0 Å². The van der Waals surface area contributed by atoms with Gasteiger partial charge >= 0.3 is 12.2 Å². The molecule has 9 heteroatoms. The maximum absolute atomic E-state index is 12.2. The Hall–Kier alpha value is -2.84. The summed E-state index contributed by atoms with van der Waals surface area (Å²) in [6, 6.07) is 5.38. The maximum Gasteiger partial charge on any atom is 0.412 e. The zero-order valence-electron chi connectivity index (χ0n) is 17.7. The second-order valence-electron chi connectivity index (χ2n) is 9.26. The van der Waals surface area contributed by atoms with Gasteiger partial charge in [0.2, 0.25) is 0 Å². The van der Waals surface area contributed by atoms with Crippen molar-refractivity contribution >= 4 is 17.9 Å². The first kappa shape index (κ1) is 21.9. The molecular formula is C21H29N3O6. The van der Waals surface area contributed by atoms with Gasteiger partial charge in [-0.15, -0.1) is 0 Å². The Kier molecular flexibility index (Phi) is 6.19. The van der Waals surface area contributed by atoms with Crippen molar-refractivity contribution in [3.05, 3.63) is 34.4 Å². The molecule has 9 nitrogen and oxygen atoms in total. The van der Waals surface area contributed by atoms with E-state index < -0.39 is 16.6 Å². The van der Waals surface area contributed by atoms with E-state index in [0.717, 1.165) is 25.7 Å². The molecule has 1 aliphatic heterocycles. The summed E-state index contributed by atoms with van der Waals surface area (Å²) in [4.78, 5) is 36.1. The average Bonchev–Trinajstić information content (AvgIpc) is 2.64. The van der Waals surface area contributed by atoms with Gasteiger partial charge in [0, 0.05) is 31.8 Å². The van der Waals surface area contributed by atoms with Gasteiger partial charge in [-0.25, -0.2) is 9.59 Å². The number of non-ortho nitro benzene ring substituents is 1. The van der Waals surface area contributed by atoms with Crippen molar-refractivity contribution in [2.24, 2.45) is 11.3 Å². The van der Waals surface area contributed by atoms with Crippen LogP contribution in [0.2, 0.25) is 0 Å². The third-order valence-electron chi connectivity index (χ3n) is 5.71. The highest BCUT2D eigenvalue weighted by Gasteiger charge is 2.46. The molecule has 1 saturated carbocycles. The summed E-state index contributed by atoms with van der Waals surface area (Å²) in [5.41, 5.74) is -0.282.